The quantitative estimate of drug-likeness (QED) is 0.377. The van der Waals surface area contributed by atoms with Gasteiger partial charge in [0.1, 0.15) is 0 Å². The summed E-state index contributed by atoms with van der Waals surface area (Å²) in [6.07, 6.45) is 3.02. The molecule has 0 radical (unpaired) electrons. The Labute approximate surface area is 120 Å². The Morgan fingerprint density at radius 1 is 0.789 bits per heavy atom. The third-order valence-electron chi connectivity index (χ3n) is 3.71. The molecular weight excluding hydrogens is 356 g/mol. The maximum absolute atomic E-state index is 12.5. The summed E-state index contributed by atoms with van der Waals surface area (Å²) in [6.45, 7) is 6.39. The van der Waals surface area contributed by atoms with E-state index >= 15 is 0 Å². The van der Waals surface area contributed by atoms with Crippen LogP contribution in [-0.4, -0.2) is 24.6 Å². The van der Waals surface area contributed by atoms with Crippen molar-refractivity contribution in [2.45, 2.75) is 78.8 Å². The first kappa shape index (κ1) is 19.3. The van der Waals surface area contributed by atoms with Crippen LogP contribution in [0.5, 0.6) is 0 Å². The molecule has 0 aliphatic heterocycles. The van der Waals surface area contributed by atoms with Gasteiger partial charge in [-0.1, -0.05) is 0 Å². The molecule has 0 aliphatic rings. The molecule has 0 fully saturated rings. The molecule has 0 aromatic rings. The van der Waals surface area contributed by atoms with Crippen molar-refractivity contribution in [2.24, 2.45) is 0 Å². The second-order valence-corrected chi connectivity index (χ2v) is 18.6. The summed E-state index contributed by atoms with van der Waals surface area (Å²) in [5, 5.41) is 0. The Morgan fingerprint density at radius 3 is 1.42 bits per heavy atom. The average molecular weight is 385 g/mol. The van der Waals surface area contributed by atoms with E-state index in [2.05, 4.69) is 20.8 Å². The van der Waals surface area contributed by atoms with Crippen LogP contribution in [0, 0.1) is 0 Å². The van der Waals surface area contributed by atoms with Crippen molar-refractivity contribution in [2.75, 3.05) is 0 Å². The second kappa shape index (κ2) is 10.1. The van der Waals surface area contributed by atoms with Gasteiger partial charge < -0.3 is 0 Å². The van der Waals surface area contributed by atoms with Crippen LogP contribution in [0.25, 0.3) is 0 Å². The van der Waals surface area contributed by atoms with Crippen LogP contribution in [0.2, 0.25) is 13.3 Å². The van der Waals surface area contributed by atoms with Crippen molar-refractivity contribution < 1.29 is 13.2 Å². The first-order valence-electron chi connectivity index (χ1n) is 7.66. The number of hydrogen-bond donors (Lipinski definition) is 0. The van der Waals surface area contributed by atoms with Crippen molar-refractivity contribution in [3.63, 3.8) is 0 Å². The van der Waals surface area contributed by atoms with Crippen LogP contribution in [0.4, 0.5) is 13.2 Å². The number of halogens is 3. The summed E-state index contributed by atoms with van der Waals surface area (Å²) in [6, 6.07) is 0. The molecule has 0 N–H and O–H groups in total. The molecule has 0 rings (SSSR count). The van der Waals surface area contributed by atoms with E-state index in [4.69, 9.17) is 0 Å². The van der Waals surface area contributed by atoms with Gasteiger partial charge >= 0.3 is 120 Å². The normalized spacial score (nSPS) is 13.4. The number of allylic oxidation sites excluding steroid dienone is 1. The molecule has 0 aliphatic carbocycles. The predicted molar refractivity (Wildman–Crippen MR) is 80.1 cm³/mol. The average Bonchev–Trinajstić information content (AvgIpc) is 2.36. The molecule has 0 aromatic carbocycles. The van der Waals surface area contributed by atoms with Gasteiger partial charge in [0.25, 0.3) is 0 Å². The zero-order chi connectivity index (χ0) is 14.8. The van der Waals surface area contributed by atoms with Crippen molar-refractivity contribution in [1.29, 1.82) is 0 Å². The van der Waals surface area contributed by atoms with Crippen molar-refractivity contribution in [1.82, 2.24) is 0 Å². The van der Waals surface area contributed by atoms with Gasteiger partial charge in [-0.2, -0.15) is 0 Å². The molecule has 0 aromatic heterocycles. The Hall–Kier alpha value is 0.329. The third kappa shape index (κ3) is 9.80. The molecule has 0 unspecified atom stereocenters. The zero-order valence-corrected chi connectivity index (χ0v) is 15.5. The van der Waals surface area contributed by atoms with Gasteiger partial charge in [0, 0.05) is 0 Å². The van der Waals surface area contributed by atoms with Crippen molar-refractivity contribution >= 4 is 18.4 Å². The summed E-state index contributed by atoms with van der Waals surface area (Å²) in [5.74, 6) is 0. The first-order chi connectivity index (χ1) is 8.89. The minimum atomic E-state index is -4.13. The zero-order valence-electron chi connectivity index (χ0n) is 12.7. The molecule has 0 nitrogen and oxygen atoms in total. The Morgan fingerprint density at radius 2 is 1.16 bits per heavy atom. The fourth-order valence-corrected chi connectivity index (χ4v) is 16.7. The fraction of sp³-hybridized carbons (Fsp3) is 0.867. The molecule has 0 heterocycles. The number of rotatable bonds is 10. The van der Waals surface area contributed by atoms with Gasteiger partial charge in [-0.05, 0) is 0 Å². The van der Waals surface area contributed by atoms with Crippen LogP contribution in [0.3, 0.4) is 0 Å². The van der Waals surface area contributed by atoms with Crippen LogP contribution in [0.1, 0.15) is 59.3 Å². The molecule has 0 saturated carbocycles. The molecule has 0 bridgehead atoms. The monoisotopic (exact) mass is 386 g/mol. The number of hydrogen-bond acceptors (Lipinski definition) is 0. The number of unbranched alkanes of at least 4 members (excludes halogenated alkanes) is 3. The second-order valence-electron chi connectivity index (χ2n) is 5.55. The van der Waals surface area contributed by atoms with Crippen LogP contribution in [-0.2, 0) is 0 Å². The Balaban J connectivity index is 4.91. The summed E-state index contributed by atoms with van der Waals surface area (Å²) < 4.78 is 42.5. The molecule has 4 heteroatoms. The van der Waals surface area contributed by atoms with E-state index in [9.17, 15) is 13.2 Å². The molecule has 0 saturated heterocycles. The molecule has 0 amide bonds. The maximum atomic E-state index is 12.5. The van der Waals surface area contributed by atoms with E-state index in [1.54, 1.807) is 4.09 Å². The molecule has 114 valence electrons. The summed E-state index contributed by atoms with van der Waals surface area (Å²) in [4.78, 5) is 0. The fourth-order valence-electron chi connectivity index (χ4n) is 2.48. The molecule has 19 heavy (non-hydrogen) atoms. The van der Waals surface area contributed by atoms with E-state index in [-0.39, 0.29) is 0 Å². The van der Waals surface area contributed by atoms with E-state index in [1.165, 1.54) is 0 Å². The SMILES string of the molecule is CCC[CH2][Sn](/[CH]=C\C(F)(F)F)([CH2]CCC)[CH2]CCC. The van der Waals surface area contributed by atoms with Gasteiger partial charge in [-0.15, -0.1) is 0 Å². The van der Waals surface area contributed by atoms with Gasteiger partial charge in [0.2, 0.25) is 0 Å². The van der Waals surface area contributed by atoms with Crippen molar-refractivity contribution in [3.8, 4) is 0 Å². The molecule has 0 atom stereocenters. The Kier molecular flexibility index (Phi) is 10.3. The van der Waals surface area contributed by atoms with E-state index in [0.29, 0.717) is 6.08 Å². The van der Waals surface area contributed by atoms with Crippen LogP contribution >= 0.6 is 0 Å². The van der Waals surface area contributed by atoms with E-state index < -0.39 is 24.6 Å². The predicted octanol–water partition coefficient (Wildman–Crippen LogP) is 6.49. The summed E-state index contributed by atoms with van der Waals surface area (Å²) in [7, 11) is 0. The minimum absolute atomic E-state index is 0.560. The van der Waals surface area contributed by atoms with Crippen LogP contribution in [0.15, 0.2) is 10.2 Å². The van der Waals surface area contributed by atoms with Crippen LogP contribution < -0.4 is 0 Å². The Bertz CT molecular complexity index is 224. The topological polar surface area (TPSA) is 0 Å². The van der Waals surface area contributed by atoms with Crippen molar-refractivity contribution in [3.05, 3.63) is 10.2 Å². The molecular formula is C15H29F3Sn. The van der Waals surface area contributed by atoms with Gasteiger partial charge in [-0.3, -0.25) is 0 Å². The van der Waals surface area contributed by atoms with Gasteiger partial charge in [-0.25, -0.2) is 0 Å². The molecule has 0 spiro atoms. The van der Waals surface area contributed by atoms with Gasteiger partial charge in [0.15, 0.2) is 0 Å². The van der Waals surface area contributed by atoms with Gasteiger partial charge in [0.05, 0.1) is 0 Å². The first-order valence-corrected chi connectivity index (χ1v) is 15.4. The van der Waals surface area contributed by atoms with E-state index in [1.807, 2.05) is 0 Å². The third-order valence-corrected chi connectivity index (χ3v) is 17.8. The van der Waals surface area contributed by atoms with E-state index in [0.717, 1.165) is 51.8 Å². The summed E-state index contributed by atoms with van der Waals surface area (Å²) in [5.41, 5.74) is 0. The number of alkyl halides is 3. The summed E-state index contributed by atoms with van der Waals surface area (Å²) >= 11 is -2.70. The standard InChI is InChI=1S/3C4H9.C3H2F3.Sn/c3*1-3-4-2;1-2-3(4,5)6;/h3*1,3-4H2,2H3;1-2H;.